The van der Waals surface area contributed by atoms with Gasteiger partial charge in [-0.1, -0.05) is 13.3 Å². The summed E-state index contributed by atoms with van der Waals surface area (Å²) in [6.45, 7) is 6.46. The Morgan fingerprint density at radius 1 is 1.43 bits per heavy atom. The van der Waals surface area contributed by atoms with Crippen molar-refractivity contribution in [2.45, 2.75) is 46.1 Å². The molecule has 14 heavy (non-hydrogen) atoms. The number of nitrogens with zero attached hydrogens (tertiary/aromatic N) is 1. The maximum atomic E-state index is 4.56. The molecule has 1 heterocycles. The summed E-state index contributed by atoms with van der Waals surface area (Å²) in [5.41, 5.74) is 1.19. The molecule has 0 aliphatic rings. The first-order valence-corrected chi connectivity index (χ1v) is 6.09. The Hall–Kier alpha value is -0.410. The van der Waals surface area contributed by atoms with Crippen LogP contribution >= 0.6 is 11.3 Å². The highest BCUT2D eigenvalue weighted by Gasteiger charge is 2.10. The Morgan fingerprint density at radius 3 is 2.57 bits per heavy atom. The van der Waals surface area contributed by atoms with Gasteiger partial charge in [-0.25, -0.2) is 4.98 Å². The summed E-state index contributed by atoms with van der Waals surface area (Å²) in [6, 6.07) is 0.588. The van der Waals surface area contributed by atoms with Crippen molar-refractivity contribution < 1.29 is 0 Å². The van der Waals surface area contributed by atoms with Gasteiger partial charge in [-0.3, -0.25) is 0 Å². The second-order valence-corrected chi connectivity index (χ2v) is 5.02. The fraction of sp³-hybridized carbons (Fsp3) is 0.727. The van der Waals surface area contributed by atoms with E-state index in [1.54, 1.807) is 0 Å². The van der Waals surface area contributed by atoms with Crippen molar-refractivity contribution in [2.75, 3.05) is 7.05 Å². The van der Waals surface area contributed by atoms with Crippen molar-refractivity contribution >= 4 is 11.3 Å². The summed E-state index contributed by atoms with van der Waals surface area (Å²) < 4.78 is 0. The van der Waals surface area contributed by atoms with Crippen molar-refractivity contribution in [1.29, 1.82) is 0 Å². The van der Waals surface area contributed by atoms with E-state index in [4.69, 9.17) is 0 Å². The van der Waals surface area contributed by atoms with Gasteiger partial charge in [0.15, 0.2) is 0 Å². The number of aryl methyl sites for hydroxylation is 2. The zero-order valence-electron chi connectivity index (χ0n) is 9.55. The Bertz CT molecular complexity index is 261. The fourth-order valence-electron chi connectivity index (χ4n) is 1.53. The number of aromatic nitrogens is 1. The smallest absolute Gasteiger partial charge is 0.0946 e. The molecule has 0 spiro atoms. The van der Waals surface area contributed by atoms with Crippen molar-refractivity contribution in [3.8, 4) is 0 Å². The van der Waals surface area contributed by atoms with Crippen LogP contribution in [0.1, 0.15) is 35.3 Å². The van der Waals surface area contributed by atoms with Gasteiger partial charge in [-0.05, 0) is 27.3 Å². The number of likely N-dealkylation sites (N-methyl/N-ethyl adjacent to an activating group) is 1. The van der Waals surface area contributed by atoms with Crippen LogP contribution < -0.4 is 5.32 Å². The monoisotopic (exact) mass is 212 g/mol. The molecule has 0 saturated carbocycles. The van der Waals surface area contributed by atoms with Gasteiger partial charge in [0.25, 0.3) is 0 Å². The van der Waals surface area contributed by atoms with Gasteiger partial charge in [0.2, 0.25) is 0 Å². The standard InChI is InChI=1S/C11H20N2S/c1-5-6-10(12-4)7-11-13-8(2)9(3)14-11/h10,12H,5-7H2,1-4H3. The summed E-state index contributed by atoms with van der Waals surface area (Å²) in [5, 5.41) is 4.62. The van der Waals surface area contributed by atoms with Crippen molar-refractivity contribution in [1.82, 2.24) is 10.3 Å². The van der Waals surface area contributed by atoms with Crippen LogP contribution in [0, 0.1) is 13.8 Å². The second-order valence-electron chi connectivity index (χ2n) is 3.73. The molecule has 1 N–H and O–H groups in total. The van der Waals surface area contributed by atoms with E-state index in [1.165, 1.54) is 28.4 Å². The van der Waals surface area contributed by atoms with Crippen LogP contribution in [-0.2, 0) is 6.42 Å². The van der Waals surface area contributed by atoms with Gasteiger partial charge >= 0.3 is 0 Å². The average molecular weight is 212 g/mol. The number of nitrogens with one attached hydrogen (secondary N) is 1. The third kappa shape index (κ3) is 3.07. The molecule has 0 aliphatic heterocycles. The summed E-state index contributed by atoms with van der Waals surface area (Å²) in [7, 11) is 2.04. The molecular weight excluding hydrogens is 192 g/mol. The maximum absolute atomic E-state index is 4.56. The third-order valence-electron chi connectivity index (χ3n) is 2.54. The van der Waals surface area contributed by atoms with E-state index in [2.05, 4.69) is 31.1 Å². The molecule has 0 aliphatic carbocycles. The van der Waals surface area contributed by atoms with Crippen LogP contribution in [-0.4, -0.2) is 18.1 Å². The fourth-order valence-corrected chi connectivity index (χ4v) is 2.55. The van der Waals surface area contributed by atoms with Gasteiger partial charge in [0.1, 0.15) is 0 Å². The Balaban J connectivity index is 2.57. The molecule has 0 radical (unpaired) electrons. The maximum Gasteiger partial charge on any atom is 0.0946 e. The molecule has 0 fully saturated rings. The van der Waals surface area contributed by atoms with E-state index in [0.717, 1.165) is 6.42 Å². The zero-order chi connectivity index (χ0) is 10.6. The van der Waals surface area contributed by atoms with E-state index in [9.17, 15) is 0 Å². The number of thiazole rings is 1. The lowest BCUT2D eigenvalue weighted by molar-refractivity contribution is 0.512. The minimum Gasteiger partial charge on any atom is -0.317 e. The van der Waals surface area contributed by atoms with Gasteiger partial charge in [0.05, 0.1) is 10.7 Å². The summed E-state index contributed by atoms with van der Waals surface area (Å²) in [6.07, 6.45) is 3.53. The number of hydrogen-bond donors (Lipinski definition) is 1. The summed E-state index contributed by atoms with van der Waals surface area (Å²) in [4.78, 5) is 5.91. The highest BCUT2D eigenvalue weighted by atomic mass is 32.1. The molecule has 3 heteroatoms. The van der Waals surface area contributed by atoms with E-state index in [0.29, 0.717) is 6.04 Å². The van der Waals surface area contributed by atoms with Crippen molar-refractivity contribution in [3.05, 3.63) is 15.6 Å². The van der Waals surface area contributed by atoms with Crippen molar-refractivity contribution in [3.63, 3.8) is 0 Å². The molecule has 1 aromatic rings. The quantitative estimate of drug-likeness (QED) is 0.811. The molecule has 0 saturated heterocycles. The molecular formula is C11H20N2S. The normalized spacial score (nSPS) is 13.1. The molecule has 1 unspecified atom stereocenters. The molecule has 0 amide bonds. The first kappa shape index (κ1) is 11.7. The lowest BCUT2D eigenvalue weighted by atomic mass is 10.1. The molecule has 0 aromatic carbocycles. The second kappa shape index (κ2) is 5.47. The van der Waals surface area contributed by atoms with Crippen LogP contribution in [0.25, 0.3) is 0 Å². The minimum atomic E-state index is 0.588. The SMILES string of the molecule is CCCC(Cc1nc(C)c(C)s1)NC. The highest BCUT2D eigenvalue weighted by Crippen LogP contribution is 2.18. The molecule has 80 valence electrons. The third-order valence-corrected chi connectivity index (χ3v) is 3.63. The van der Waals surface area contributed by atoms with E-state index < -0.39 is 0 Å². The Kier molecular flexibility index (Phi) is 4.55. The van der Waals surface area contributed by atoms with E-state index in [-0.39, 0.29) is 0 Å². The summed E-state index contributed by atoms with van der Waals surface area (Å²) in [5.74, 6) is 0. The van der Waals surface area contributed by atoms with Gasteiger partial charge < -0.3 is 5.32 Å². The van der Waals surface area contributed by atoms with Gasteiger partial charge in [-0.2, -0.15) is 0 Å². The van der Waals surface area contributed by atoms with E-state index in [1.807, 2.05) is 18.4 Å². The average Bonchev–Trinajstić information content (AvgIpc) is 2.45. The zero-order valence-corrected chi connectivity index (χ0v) is 10.4. The van der Waals surface area contributed by atoms with E-state index >= 15 is 0 Å². The van der Waals surface area contributed by atoms with Crippen LogP contribution in [0.3, 0.4) is 0 Å². The highest BCUT2D eigenvalue weighted by molar-refractivity contribution is 7.11. The lowest BCUT2D eigenvalue weighted by Crippen LogP contribution is -2.27. The number of hydrogen-bond acceptors (Lipinski definition) is 3. The first-order chi connectivity index (χ1) is 6.67. The van der Waals surface area contributed by atoms with Crippen molar-refractivity contribution in [2.24, 2.45) is 0 Å². The van der Waals surface area contributed by atoms with Crippen LogP contribution in [0.4, 0.5) is 0 Å². The molecule has 1 rings (SSSR count). The molecule has 1 atom stereocenters. The topological polar surface area (TPSA) is 24.9 Å². The van der Waals surface area contributed by atoms with Crippen LogP contribution in [0.2, 0.25) is 0 Å². The van der Waals surface area contributed by atoms with Gasteiger partial charge in [-0.15, -0.1) is 11.3 Å². The van der Waals surface area contributed by atoms with Crippen LogP contribution in [0.5, 0.6) is 0 Å². The lowest BCUT2D eigenvalue weighted by Gasteiger charge is -2.12. The summed E-state index contributed by atoms with van der Waals surface area (Å²) >= 11 is 1.83. The van der Waals surface area contributed by atoms with Gasteiger partial charge in [0, 0.05) is 17.3 Å². The Labute approximate surface area is 90.8 Å². The first-order valence-electron chi connectivity index (χ1n) is 5.27. The molecule has 2 nitrogen and oxygen atoms in total. The predicted octanol–water partition coefficient (Wildman–Crippen LogP) is 2.69. The molecule has 0 bridgehead atoms. The Morgan fingerprint density at radius 2 is 2.14 bits per heavy atom. The largest absolute Gasteiger partial charge is 0.317 e. The van der Waals surface area contributed by atoms with Crippen LogP contribution in [0.15, 0.2) is 0 Å². The predicted molar refractivity (Wildman–Crippen MR) is 63.0 cm³/mol. The minimum absolute atomic E-state index is 0.588. The molecule has 1 aromatic heterocycles. The number of rotatable bonds is 5.